The lowest BCUT2D eigenvalue weighted by atomic mass is 10.4. The molecule has 0 unspecified atom stereocenters. The first-order valence-corrected chi connectivity index (χ1v) is 5.24. The smallest absolute Gasteiger partial charge is 0.183 e. The van der Waals surface area contributed by atoms with Gasteiger partial charge in [0, 0.05) is 6.20 Å². The third-order valence-electron chi connectivity index (χ3n) is 2.73. The summed E-state index contributed by atoms with van der Waals surface area (Å²) in [5, 5.41) is 9.71. The van der Waals surface area contributed by atoms with Gasteiger partial charge in [0.2, 0.25) is 0 Å². The van der Waals surface area contributed by atoms with E-state index >= 15 is 0 Å². The van der Waals surface area contributed by atoms with Crippen molar-refractivity contribution < 1.29 is 14.6 Å². The van der Waals surface area contributed by atoms with Crippen molar-refractivity contribution in [2.75, 3.05) is 18.9 Å². The number of hydrogen-bond acceptors (Lipinski definition) is 6. The van der Waals surface area contributed by atoms with Crippen LogP contribution in [0.25, 0.3) is 11.0 Å². The normalized spacial score (nSPS) is 24.5. The molecule has 7 nitrogen and oxygen atoms in total. The highest BCUT2D eigenvalue weighted by atomic mass is 16.7. The Morgan fingerprint density at radius 1 is 1.53 bits per heavy atom. The van der Waals surface area contributed by atoms with Crippen molar-refractivity contribution in [1.82, 2.24) is 14.5 Å². The van der Waals surface area contributed by atoms with Gasteiger partial charge in [-0.05, 0) is 6.07 Å². The lowest BCUT2D eigenvalue weighted by molar-refractivity contribution is -0.0979. The fourth-order valence-corrected chi connectivity index (χ4v) is 1.91. The molecule has 3 N–H and O–H groups in total. The molecule has 0 radical (unpaired) electrons. The number of nitrogen functional groups attached to an aromatic ring is 1. The van der Waals surface area contributed by atoms with Crippen LogP contribution >= 0.6 is 0 Å². The number of nitrogens with zero attached hydrogens (tertiary/aromatic N) is 3. The van der Waals surface area contributed by atoms with Crippen LogP contribution in [-0.4, -0.2) is 39.1 Å². The highest BCUT2D eigenvalue weighted by Gasteiger charge is 2.27. The predicted molar refractivity (Wildman–Crippen MR) is 58.9 cm³/mol. The standard InChI is InChI=1S/C10H12N4O3/c11-9-6-1-2-14(10(6)13-5-12-9)7-4-16-8(3-15)17-7/h1-2,5,7-8,15H,3-4H2,(H2,11,12,13)/t7-,8+/m0/s1. The van der Waals surface area contributed by atoms with Crippen LogP contribution < -0.4 is 5.73 Å². The van der Waals surface area contributed by atoms with Crippen molar-refractivity contribution in [2.45, 2.75) is 12.5 Å². The fraction of sp³-hybridized carbons (Fsp3) is 0.400. The Bertz CT molecular complexity index is 541. The van der Waals surface area contributed by atoms with Gasteiger partial charge in [-0.15, -0.1) is 0 Å². The van der Waals surface area contributed by atoms with Crippen LogP contribution in [-0.2, 0) is 9.47 Å². The van der Waals surface area contributed by atoms with Crippen molar-refractivity contribution in [3.05, 3.63) is 18.6 Å². The zero-order chi connectivity index (χ0) is 11.8. The fourth-order valence-electron chi connectivity index (χ4n) is 1.91. The zero-order valence-electron chi connectivity index (χ0n) is 8.98. The van der Waals surface area contributed by atoms with E-state index in [1.54, 1.807) is 0 Å². The molecule has 90 valence electrons. The second kappa shape index (κ2) is 3.95. The molecule has 0 aromatic carbocycles. The molecule has 3 heterocycles. The summed E-state index contributed by atoms with van der Waals surface area (Å²) in [4.78, 5) is 8.09. The minimum absolute atomic E-state index is 0.160. The monoisotopic (exact) mass is 236 g/mol. The average Bonchev–Trinajstić information content (AvgIpc) is 2.94. The SMILES string of the molecule is Nc1ncnc2c1ccn2[C@@H]1CO[C@@H](CO)O1. The van der Waals surface area contributed by atoms with Gasteiger partial charge in [0.1, 0.15) is 17.8 Å². The summed E-state index contributed by atoms with van der Waals surface area (Å²) in [7, 11) is 0. The number of rotatable bonds is 2. The Balaban J connectivity index is 1.99. The number of fused-ring (bicyclic) bond motifs is 1. The highest BCUT2D eigenvalue weighted by Crippen LogP contribution is 2.26. The second-order valence-corrected chi connectivity index (χ2v) is 3.76. The van der Waals surface area contributed by atoms with Gasteiger partial charge in [-0.1, -0.05) is 0 Å². The summed E-state index contributed by atoms with van der Waals surface area (Å²) in [5.41, 5.74) is 6.44. The van der Waals surface area contributed by atoms with Gasteiger partial charge in [0.15, 0.2) is 12.5 Å². The van der Waals surface area contributed by atoms with E-state index < -0.39 is 6.29 Å². The molecule has 1 saturated heterocycles. The van der Waals surface area contributed by atoms with Crippen LogP contribution in [0.15, 0.2) is 18.6 Å². The van der Waals surface area contributed by atoms with Gasteiger partial charge < -0.3 is 24.9 Å². The molecule has 1 aliphatic rings. The number of ether oxygens (including phenoxy) is 2. The number of aliphatic hydroxyl groups is 1. The van der Waals surface area contributed by atoms with Crippen LogP contribution in [0.3, 0.4) is 0 Å². The van der Waals surface area contributed by atoms with Crippen molar-refractivity contribution in [3.8, 4) is 0 Å². The van der Waals surface area contributed by atoms with Crippen molar-refractivity contribution in [3.63, 3.8) is 0 Å². The van der Waals surface area contributed by atoms with E-state index in [1.807, 2.05) is 16.8 Å². The molecule has 0 spiro atoms. The predicted octanol–water partition coefficient (Wildman–Crippen LogP) is -0.123. The van der Waals surface area contributed by atoms with Crippen molar-refractivity contribution in [2.24, 2.45) is 0 Å². The molecule has 3 rings (SSSR count). The molecule has 1 aliphatic heterocycles. The first-order valence-electron chi connectivity index (χ1n) is 5.24. The molecule has 2 aromatic heterocycles. The van der Waals surface area contributed by atoms with E-state index in [1.165, 1.54) is 6.33 Å². The van der Waals surface area contributed by atoms with E-state index in [-0.39, 0.29) is 12.8 Å². The summed E-state index contributed by atoms with van der Waals surface area (Å²) in [6.07, 6.45) is 2.37. The quantitative estimate of drug-likeness (QED) is 0.754. The Labute approximate surface area is 96.8 Å². The number of anilines is 1. The molecule has 7 heteroatoms. The highest BCUT2D eigenvalue weighted by molar-refractivity contribution is 5.86. The maximum atomic E-state index is 8.93. The van der Waals surface area contributed by atoms with Crippen LogP contribution in [0, 0.1) is 0 Å². The van der Waals surface area contributed by atoms with Crippen LogP contribution in [0.4, 0.5) is 5.82 Å². The molecule has 17 heavy (non-hydrogen) atoms. The van der Waals surface area contributed by atoms with E-state index in [2.05, 4.69) is 9.97 Å². The number of hydrogen-bond donors (Lipinski definition) is 2. The van der Waals surface area contributed by atoms with E-state index in [0.717, 1.165) is 5.39 Å². The zero-order valence-corrected chi connectivity index (χ0v) is 8.98. The summed E-state index contributed by atoms with van der Waals surface area (Å²) in [6.45, 7) is 0.214. The molecule has 0 bridgehead atoms. The second-order valence-electron chi connectivity index (χ2n) is 3.76. The van der Waals surface area contributed by atoms with Gasteiger partial charge in [-0.2, -0.15) is 0 Å². The van der Waals surface area contributed by atoms with Crippen LogP contribution in [0.1, 0.15) is 6.23 Å². The van der Waals surface area contributed by atoms with Crippen LogP contribution in [0.5, 0.6) is 0 Å². The van der Waals surface area contributed by atoms with E-state index in [9.17, 15) is 0 Å². The first kappa shape index (κ1) is 10.5. The third kappa shape index (κ3) is 1.64. The van der Waals surface area contributed by atoms with Gasteiger partial charge in [-0.25, -0.2) is 9.97 Å². The molecule has 2 aromatic rings. The molecule has 0 saturated carbocycles. The molecule has 0 aliphatic carbocycles. The minimum atomic E-state index is -0.573. The lowest BCUT2D eigenvalue weighted by Crippen LogP contribution is -2.15. The van der Waals surface area contributed by atoms with Crippen molar-refractivity contribution >= 4 is 16.9 Å². The molecule has 0 amide bonds. The number of aliphatic hydroxyl groups excluding tert-OH is 1. The van der Waals surface area contributed by atoms with Gasteiger partial charge in [0.05, 0.1) is 18.6 Å². The maximum absolute atomic E-state index is 8.93. The molecule has 1 fully saturated rings. The Hall–Kier alpha value is -1.70. The Morgan fingerprint density at radius 2 is 2.41 bits per heavy atom. The Kier molecular flexibility index (Phi) is 2.43. The van der Waals surface area contributed by atoms with Gasteiger partial charge >= 0.3 is 0 Å². The summed E-state index contributed by atoms with van der Waals surface area (Å²) in [6, 6.07) is 1.83. The summed E-state index contributed by atoms with van der Waals surface area (Å²) in [5.74, 6) is 0.436. The van der Waals surface area contributed by atoms with Crippen molar-refractivity contribution in [1.29, 1.82) is 0 Å². The molecular weight excluding hydrogens is 224 g/mol. The maximum Gasteiger partial charge on any atom is 0.183 e. The first-order chi connectivity index (χ1) is 8.29. The summed E-state index contributed by atoms with van der Waals surface area (Å²) < 4.78 is 12.6. The number of nitrogens with two attached hydrogens (primary N) is 1. The van der Waals surface area contributed by atoms with E-state index in [4.69, 9.17) is 20.3 Å². The lowest BCUT2D eigenvalue weighted by Gasteiger charge is -2.12. The number of aromatic nitrogens is 3. The van der Waals surface area contributed by atoms with Gasteiger partial charge in [0.25, 0.3) is 0 Å². The van der Waals surface area contributed by atoms with Crippen LogP contribution in [0.2, 0.25) is 0 Å². The third-order valence-corrected chi connectivity index (χ3v) is 2.73. The van der Waals surface area contributed by atoms with Gasteiger partial charge in [-0.3, -0.25) is 0 Å². The van der Waals surface area contributed by atoms with E-state index in [0.29, 0.717) is 18.1 Å². The average molecular weight is 236 g/mol. The topological polar surface area (TPSA) is 95.4 Å². The minimum Gasteiger partial charge on any atom is -0.391 e. The summed E-state index contributed by atoms with van der Waals surface area (Å²) >= 11 is 0. The largest absolute Gasteiger partial charge is 0.391 e. The Morgan fingerprint density at radius 3 is 3.18 bits per heavy atom. The molecular formula is C10H12N4O3. The molecule has 2 atom stereocenters.